The minimum atomic E-state index is -0.160. The molecule has 2 rings (SSSR count). The zero-order valence-corrected chi connectivity index (χ0v) is 18.0. The van der Waals surface area contributed by atoms with Crippen molar-refractivity contribution in [2.75, 3.05) is 19.6 Å². The van der Waals surface area contributed by atoms with Crippen LogP contribution in [0.1, 0.15) is 48.2 Å². The molecule has 29 heavy (non-hydrogen) atoms. The number of carbonyl (C=O) groups excluding carboxylic acids is 2. The lowest BCUT2D eigenvalue weighted by Gasteiger charge is -2.20. The zero-order valence-electron chi connectivity index (χ0n) is 17.2. The van der Waals surface area contributed by atoms with E-state index in [9.17, 15) is 9.59 Å². The number of amides is 2. The Morgan fingerprint density at radius 3 is 2.24 bits per heavy atom. The van der Waals surface area contributed by atoms with Gasteiger partial charge in [-0.1, -0.05) is 49.7 Å². The fraction of sp³-hybridized carbons (Fsp3) is 0.391. The molecule has 0 atom stereocenters. The first-order valence-electron chi connectivity index (χ1n) is 10.1. The maximum absolute atomic E-state index is 12.2. The van der Waals surface area contributed by atoms with Crippen LogP contribution in [0.2, 0.25) is 5.02 Å². The van der Waals surface area contributed by atoms with Gasteiger partial charge in [-0.3, -0.25) is 14.5 Å². The van der Waals surface area contributed by atoms with Crippen molar-refractivity contribution in [2.24, 2.45) is 0 Å². The Bertz CT molecular complexity index is 789. The smallest absolute Gasteiger partial charge is 0.251 e. The van der Waals surface area contributed by atoms with Gasteiger partial charge in [-0.15, -0.1) is 0 Å². The van der Waals surface area contributed by atoms with Crippen LogP contribution >= 0.6 is 11.6 Å². The van der Waals surface area contributed by atoms with Crippen LogP contribution in [0.25, 0.3) is 0 Å². The fourth-order valence-corrected chi connectivity index (χ4v) is 3.13. The molecule has 0 radical (unpaired) electrons. The maximum atomic E-state index is 12.2. The molecule has 2 N–H and O–H groups in total. The average Bonchev–Trinajstić information content (AvgIpc) is 2.74. The molecule has 5 nitrogen and oxygen atoms in total. The molecular weight excluding hydrogens is 386 g/mol. The zero-order chi connectivity index (χ0) is 21.1. The number of hydrogen-bond donors (Lipinski definition) is 2. The lowest BCUT2D eigenvalue weighted by Crippen LogP contribution is -2.28. The number of rotatable bonds is 11. The van der Waals surface area contributed by atoms with Gasteiger partial charge in [0.2, 0.25) is 5.91 Å². The minimum absolute atomic E-state index is 0.0108. The highest BCUT2D eigenvalue weighted by Crippen LogP contribution is 2.12. The van der Waals surface area contributed by atoms with E-state index < -0.39 is 0 Å². The van der Waals surface area contributed by atoms with Gasteiger partial charge in [-0.25, -0.2) is 0 Å². The van der Waals surface area contributed by atoms with Crippen molar-refractivity contribution in [3.8, 4) is 0 Å². The molecule has 2 amide bonds. The Labute approximate surface area is 178 Å². The predicted molar refractivity (Wildman–Crippen MR) is 118 cm³/mol. The van der Waals surface area contributed by atoms with E-state index in [4.69, 9.17) is 11.6 Å². The van der Waals surface area contributed by atoms with Crippen LogP contribution in [0.15, 0.2) is 48.5 Å². The Hall–Kier alpha value is -2.37. The molecule has 156 valence electrons. The van der Waals surface area contributed by atoms with Crippen molar-refractivity contribution in [3.63, 3.8) is 0 Å². The molecule has 2 aromatic carbocycles. The fourth-order valence-electron chi connectivity index (χ4n) is 3.01. The van der Waals surface area contributed by atoms with E-state index in [1.807, 2.05) is 12.1 Å². The monoisotopic (exact) mass is 415 g/mol. The molecule has 0 aliphatic rings. The quantitative estimate of drug-likeness (QED) is 0.545. The van der Waals surface area contributed by atoms with Gasteiger partial charge in [-0.2, -0.15) is 0 Å². The van der Waals surface area contributed by atoms with Gasteiger partial charge in [0.1, 0.15) is 0 Å². The Kier molecular flexibility index (Phi) is 9.68. The molecule has 0 aliphatic heterocycles. The van der Waals surface area contributed by atoms with Crippen molar-refractivity contribution < 1.29 is 9.59 Å². The van der Waals surface area contributed by atoms with E-state index >= 15 is 0 Å². The van der Waals surface area contributed by atoms with Gasteiger partial charge < -0.3 is 10.6 Å². The van der Waals surface area contributed by atoms with Crippen LogP contribution in [-0.2, 0) is 17.9 Å². The molecule has 0 unspecified atom stereocenters. The van der Waals surface area contributed by atoms with Gasteiger partial charge in [0.25, 0.3) is 5.91 Å². The van der Waals surface area contributed by atoms with E-state index in [-0.39, 0.29) is 11.8 Å². The second-order valence-corrected chi connectivity index (χ2v) is 7.31. The van der Waals surface area contributed by atoms with Gasteiger partial charge in [0, 0.05) is 36.6 Å². The van der Waals surface area contributed by atoms with Crippen LogP contribution in [0, 0.1) is 0 Å². The molecule has 0 heterocycles. The third-order valence-corrected chi connectivity index (χ3v) is 5.11. The first-order valence-corrected chi connectivity index (χ1v) is 10.5. The Morgan fingerprint density at radius 1 is 0.931 bits per heavy atom. The van der Waals surface area contributed by atoms with Crippen molar-refractivity contribution in [2.45, 2.75) is 39.8 Å². The van der Waals surface area contributed by atoms with E-state index in [1.54, 1.807) is 24.3 Å². The SMILES string of the molecule is CCN(CC)Cc1ccccc1CNC(=O)CCCNC(=O)c1ccc(Cl)cc1. The third kappa shape index (κ3) is 7.87. The number of halogens is 1. The highest BCUT2D eigenvalue weighted by Gasteiger charge is 2.09. The van der Waals surface area contributed by atoms with Crippen LogP contribution in [0.4, 0.5) is 0 Å². The van der Waals surface area contributed by atoms with Crippen LogP contribution in [0.5, 0.6) is 0 Å². The maximum Gasteiger partial charge on any atom is 0.251 e. The standard InChI is InChI=1S/C23H30ClN3O2/c1-3-27(4-2)17-20-9-6-5-8-19(20)16-26-22(28)10-7-15-25-23(29)18-11-13-21(24)14-12-18/h5-6,8-9,11-14H,3-4,7,10,15-17H2,1-2H3,(H,25,29)(H,26,28). The molecule has 0 saturated heterocycles. The summed E-state index contributed by atoms with van der Waals surface area (Å²) in [5, 5.41) is 6.41. The first-order chi connectivity index (χ1) is 14.0. The highest BCUT2D eigenvalue weighted by atomic mass is 35.5. The Balaban J connectivity index is 1.72. The second-order valence-electron chi connectivity index (χ2n) is 6.87. The van der Waals surface area contributed by atoms with Crippen molar-refractivity contribution >= 4 is 23.4 Å². The molecule has 0 aromatic heterocycles. The molecule has 0 bridgehead atoms. The third-order valence-electron chi connectivity index (χ3n) is 4.86. The number of hydrogen-bond acceptors (Lipinski definition) is 3. The molecule has 6 heteroatoms. The summed E-state index contributed by atoms with van der Waals surface area (Å²) in [6.07, 6.45) is 0.964. The van der Waals surface area contributed by atoms with Crippen LogP contribution < -0.4 is 10.6 Å². The normalized spacial score (nSPS) is 10.8. The molecule has 0 aliphatic carbocycles. The molecular formula is C23H30ClN3O2. The summed E-state index contributed by atoms with van der Waals surface area (Å²) in [5.74, 6) is -0.171. The number of carbonyl (C=O) groups is 2. The lowest BCUT2D eigenvalue weighted by molar-refractivity contribution is -0.121. The van der Waals surface area contributed by atoms with Crippen molar-refractivity contribution in [1.29, 1.82) is 0 Å². The minimum Gasteiger partial charge on any atom is -0.352 e. The van der Waals surface area contributed by atoms with Gasteiger partial charge in [-0.05, 0) is 54.9 Å². The summed E-state index contributed by atoms with van der Waals surface area (Å²) in [4.78, 5) is 26.5. The van der Waals surface area contributed by atoms with Crippen LogP contribution in [-0.4, -0.2) is 36.3 Å². The number of nitrogens with zero attached hydrogens (tertiary/aromatic N) is 1. The van der Waals surface area contributed by atoms with Crippen molar-refractivity contribution in [3.05, 3.63) is 70.2 Å². The molecule has 0 saturated carbocycles. The summed E-state index contributed by atoms with van der Waals surface area (Å²) < 4.78 is 0. The van der Waals surface area contributed by atoms with Gasteiger partial charge in [0.15, 0.2) is 0 Å². The highest BCUT2D eigenvalue weighted by molar-refractivity contribution is 6.30. The van der Waals surface area contributed by atoms with Gasteiger partial charge in [0.05, 0.1) is 0 Å². The topological polar surface area (TPSA) is 61.4 Å². The summed E-state index contributed by atoms with van der Waals surface area (Å²) in [7, 11) is 0. The van der Waals surface area contributed by atoms with E-state index in [0.29, 0.717) is 36.5 Å². The van der Waals surface area contributed by atoms with Crippen LogP contribution in [0.3, 0.4) is 0 Å². The summed E-state index contributed by atoms with van der Waals surface area (Å²) in [6, 6.07) is 14.9. The predicted octanol–water partition coefficient (Wildman–Crippen LogP) is 4.01. The van der Waals surface area contributed by atoms with E-state index in [2.05, 4.69) is 41.5 Å². The second kappa shape index (κ2) is 12.2. The Morgan fingerprint density at radius 2 is 1.59 bits per heavy atom. The largest absolute Gasteiger partial charge is 0.352 e. The first kappa shape index (κ1) is 22.9. The van der Waals surface area contributed by atoms with E-state index in [1.165, 1.54) is 5.56 Å². The molecule has 0 fully saturated rings. The summed E-state index contributed by atoms with van der Waals surface area (Å²) in [6.45, 7) is 8.16. The molecule has 2 aromatic rings. The summed E-state index contributed by atoms with van der Waals surface area (Å²) in [5.41, 5.74) is 2.94. The number of nitrogens with one attached hydrogen (secondary N) is 2. The average molecular weight is 416 g/mol. The van der Waals surface area contributed by atoms with E-state index in [0.717, 1.165) is 25.2 Å². The number of benzene rings is 2. The van der Waals surface area contributed by atoms with Gasteiger partial charge >= 0.3 is 0 Å². The summed E-state index contributed by atoms with van der Waals surface area (Å²) >= 11 is 5.82. The van der Waals surface area contributed by atoms with Crippen molar-refractivity contribution in [1.82, 2.24) is 15.5 Å². The lowest BCUT2D eigenvalue weighted by atomic mass is 10.1. The molecule has 0 spiro atoms.